The number of fused-ring (bicyclic) bond motifs is 3. The van der Waals surface area contributed by atoms with E-state index in [0.717, 1.165) is 40.4 Å². The Morgan fingerprint density at radius 3 is 2.81 bits per heavy atom. The molecule has 7 heteroatoms. The zero-order chi connectivity index (χ0) is 22.7. The molecule has 2 aromatic rings. The molecule has 0 radical (unpaired) electrons. The molecule has 2 N–H and O–H groups in total. The van der Waals surface area contributed by atoms with Crippen LogP contribution >= 0.6 is 11.6 Å². The molecule has 0 fully saturated rings. The Bertz CT molecular complexity index is 1060. The number of carbonyl (C=O) groups excluding carboxylic acids is 1. The van der Waals surface area contributed by atoms with Crippen LogP contribution in [0.5, 0.6) is 5.75 Å². The molecule has 0 saturated carbocycles. The summed E-state index contributed by atoms with van der Waals surface area (Å²) >= 11 is 6.40. The van der Waals surface area contributed by atoms with Crippen molar-refractivity contribution in [2.45, 2.75) is 44.5 Å². The molecule has 1 aromatic heterocycles. The number of hydrogen-bond donors (Lipinski definition) is 2. The number of hydrogen-bond acceptors (Lipinski definition) is 4. The van der Waals surface area contributed by atoms with Gasteiger partial charge in [0.15, 0.2) is 0 Å². The van der Waals surface area contributed by atoms with E-state index in [0.29, 0.717) is 26.2 Å². The van der Waals surface area contributed by atoms with E-state index in [4.69, 9.17) is 26.2 Å². The van der Waals surface area contributed by atoms with Crippen molar-refractivity contribution in [3.8, 4) is 5.75 Å². The van der Waals surface area contributed by atoms with Crippen molar-refractivity contribution >= 4 is 29.8 Å². The van der Waals surface area contributed by atoms with E-state index in [-0.39, 0.29) is 30.0 Å². The maximum Gasteiger partial charge on any atom is 0.410 e. The first-order valence-corrected chi connectivity index (χ1v) is 11.8. The number of aromatic nitrogens is 1. The van der Waals surface area contributed by atoms with E-state index in [9.17, 15) is 4.79 Å². The molecule has 1 aliphatic carbocycles. The molecule has 0 saturated heterocycles. The Labute approximate surface area is 193 Å². The number of alkyl halides is 1. The van der Waals surface area contributed by atoms with Gasteiger partial charge in [-0.25, -0.2) is 4.79 Å². The van der Waals surface area contributed by atoms with Crippen LogP contribution in [0.1, 0.15) is 49.6 Å². The van der Waals surface area contributed by atoms with E-state index < -0.39 is 0 Å². The summed E-state index contributed by atoms with van der Waals surface area (Å²) in [6.07, 6.45) is 6.10. The van der Waals surface area contributed by atoms with Crippen molar-refractivity contribution in [1.82, 2.24) is 9.88 Å². The molecule has 2 unspecified atom stereocenters. The van der Waals surface area contributed by atoms with Crippen LogP contribution in [0.2, 0.25) is 0 Å². The van der Waals surface area contributed by atoms with Crippen molar-refractivity contribution in [3.63, 3.8) is 0 Å². The molecule has 32 heavy (non-hydrogen) atoms. The molecule has 6 nitrogen and oxygen atoms in total. The minimum Gasteiger partial charge on any atom is -0.494 e. The van der Waals surface area contributed by atoms with Gasteiger partial charge in [-0.1, -0.05) is 38.1 Å². The lowest BCUT2D eigenvalue weighted by Gasteiger charge is -2.35. The number of nitrogens with zero attached hydrogens (tertiary/aromatic N) is 1. The second-order valence-electron chi connectivity index (χ2n) is 8.78. The predicted octanol–water partition coefficient (Wildman–Crippen LogP) is 3.09. The van der Waals surface area contributed by atoms with Gasteiger partial charge in [0.2, 0.25) is 0 Å². The van der Waals surface area contributed by atoms with Gasteiger partial charge in [-0.3, -0.25) is 4.90 Å². The van der Waals surface area contributed by atoms with Crippen molar-refractivity contribution in [3.05, 3.63) is 51.7 Å². The summed E-state index contributed by atoms with van der Waals surface area (Å²) in [5.41, 5.74) is 3.24. The van der Waals surface area contributed by atoms with Crippen LogP contribution in [0, 0.1) is 5.92 Å². The number of nitrogens with one attached hydrogen (secondary N) is 1. The number of carbonyl (C=O) groups is 1. The molecule has 2 aliphatic rings. The van der Waals surface area contributed by atoms with E-state index in [1.54, 1.807) is 0 Å². The number of H-pyrrole nitrogens is 1. The highest BCUT2D eigenvalue weighted by molar-refractivity contribution is 6.24. The first kappa shape index (κ1) is 22.7. The summed E-state index contributed by atoms with van der Waals surface area (Å²) in [7, 11) is 0. The second kappa shape index (κ2) is 10.0. The highest BCUT2D eigenvalue weighted by atomic mass is 35.5. The topological polar surface area (TPSA) is 74.8 Å². The summed E-state index contributed by atoms with van der Waals surface area (Å²) in [5.74, 6) is 1.01. The number of amides is 1. The number of rotatable bonds is 7. The fraction of sp³-hybridized carbons (Fsp3) is 0.480. The average molecular weight is 459 g/mol. The SMILES string of the molecule is CC(C)COC(=O)N1CCc2c([nH]c3c2=CC(Cl)CC=3)C1c1ccc(OCCCO)cc1. The number of aliphatic hydroxyl groups excluding tert-OH is 1. The van der Waals surface area contributed by atoms with Crippen molar-refractivity contribution < 1.29 is 19.4 Å². The number of ether oxygens (including phenoxy) is 2. The van der Waals surface area contributed by atoms with Crippen molar-refractivity contribution in [1.29, 1.82) is 0 Å². The number of benzene rings is 1. The first-order valence-electron chi connectivity index (χ1n) is 11.3. The average Bonchev–Trinajstić information content (AvgIpc) is 3.15. The zero-order valence-electron chi connectivity index (χ0n) is 18.6. The zero-order valence-corrected chi connectivity index (χ0v) is 19.4. The Kier molecular flexibility index (Phi) is 7.11. The van der Waals surface area contributed by atoms with Gasteiger partial charge in [-0.2, -0.15) is 0 Å². The van der Waals surface area contributed by atoms with E-state index in [1.165, 1.54) is 5.56 Å². The molecule has 1 aromatic carbocycles. The van der Waals surface area contributed by atoms with Gasteiger partial charge in [0.1, 0.15) is 11.8 Å². The third-order valence-electron chi connectivity index (χ3n) is 5.83. The van der Waals surface area contributed by atoms with Gasteiger partial charge in [0, 0.05) is 35.8 Å². The lowest BCUT2D eigenvalue weighted by molar-refractivity contribution is 0.0796. The number of aromatic amines is 1. The van der Waals surface area contributed by atoms with Gasteiger partial charge >= 0.3 is 6.09 Å². The van der Waals surface area contributed by atoms with Crippen LogP contribution in [0.25, 0.3) is 12.2 Å². The lowest BCUT2D eigenvalue weighted by Crippen LogP contribution is -2.42. The molecular weight excluding hydrogens is 428 g/mol. The second-order valence-corrected chi connectivity index (χ2v) is 9.34. The highest BCUT2D eigenvalue weighted by Crippen LogP contribution is 2.34. The van der Waals surface area contributed by atoms with E-state index in [1.807, 2.05) is 43.0 Å². The van der Waals surface area contributed by atoms with Crippen LogP contribution in [0.15, 0.2) is 24.3 Å². The lowest BCUT2D eigenvalue weighted by atomic mass is 9.92. The Balaban J connectivity index is 1.70. The van der Waals surface area contributed by atoms with E-state index >= 15 is 0 Å². The molecule has 1 aliphatic heterocycles. The van der Waals surface area contributed by atoms with Crippen LogP contribution < -0.4 is 15.3 Å². The van der Waals surface area contributed by atoms with Gasteiger partial charge in [0.05, 0.1) is 18.6 Å². The standard InChI is InChI=1S/C25H31ClN2O4/c1-16(2)15-32-25(30)28-11-10-20-21-14-18(26)6-9-22(21)27-23(20)24(28)17-4-7-19(8-5-17)31-13-3-12-29/h4-5,7-9,14,16,18,24,27,29H,3,6,10-13,15H2,1-2H3. The minimum absolute atomic E-state index is 0.00904. The predicted molar refractivity (Wildman–Crippen MR) is 125 cm³/mol. The molecule has 172 valence electrons. The number of halogens is 1. The van der Waals surface area contributed by atoms with E-state index in [2.05, 4.69) is 17.1 Å². The first-order chi connectivity index (χ1) is 15.5. The van der Waals surface area contributed by atoms with Crippen LogP contribution in [-0.2, 0) is 11.2 Å². The maximum atomic E-state index is 13.0. The van der Waals surface area contributed by atoms with Gasteiger partial charge in [0.25, 0.3) is 0 Å². The van der Waals surface area contributed by atoms with Crippen LogP contribution in [0.4, 0.5) is 4.79 Å². The van der Waals surface area contributed by atoms with Gasteiger partial charge in [-0.15, -0.1) is 11.6 Å². The number of aliphatic hydroxyl groups is 1. The highest BCUT2D eigenvalue weighted by Gasteiger charge is 2.35. The van der Waals surface area contributed by atoms with Gasteiger partial charge in [-0.05, 0) is 42.0 Å². The monoisotopic (exact) mass is 458 g/mol. The molecule has 4 rings (SSSR count). The Hall–Kier alpha value is -2.44. The maximum absolute atomic E-state index is 13.0. The summed E-state index contributed by atoms with van der Waals surface area (Å²) in [6.45, 7) is 5.60. The fourth-order valence-electron chi connectivity index (χ4n) is 4.31. The molecule has 0 bridgehead atoms. The summed E-state index contributed by atoms with van der Waals surface area (Å²) in [4.78, 5) is 18.4. The molecular formula is C25H31ClN2O4. The molecule has 0 spiro atoms. The molecule has 1 amide bonds. The smallest absolute Gasteiger partial charge is 0.410 e. The third-order valence-corrected chi connectivity index (χ3v) is 6.14. The molecule has 2 atom stereocenters. The Morgan fingerprint density at radius 2 is 2.09 bits per heavy atom. The van der Waals surface area contributed by atoms with Crippen molar-refractivity contribution in [2.75, 3.05) is 26.4 Å². The normalized spacial score (nSPS) is 19.6. The van der Waals surface area contributed by atoms with Gasteiger partial charge < -0.3 is 19.6 Å². The summed E-state index contributed by atoms with van der Waals surface area (Å²) in [6, 6.07) is 7.54. The molecule has 2 heterocycles. The van der Waals surface area contributed by atoms with Crippen molar-refractivity contribution in [2.24, 2.45) is 5.92 Å². The fourth-order valence-corrected chi connectivity index (χ4v) is 4.53. The van der Waals surface area contributed by atoms with Crippen LogP contribution in [0.3, 0.4) is 0 Å². The third kappa shape index (κ3) is 4.81. The summed E-state index contributed by atoms with van der Waals surface area (Å²) in [5, 5.41) is 11.2. The Morgan fingerprint density at radius 1 is 1.31 bits per heavy atom. The largest absolute Gasteiger partial charge is 0.494 e. The quantitative estimate of drug-likeness (QED) is 0.494. The minimum atomic E-state index is -0.298. The summed E-state index contributed by atoms with van der Waals surface area (Å²) < 4.78 is 11.3. The van der Waals surface area contributed by atoms with Crippen LogP contribution in [-0.4, -0.2) is 52.8 Å².